The van der Waals surface area contributed by atoms with Crippen LogP contribution in [-0.2, 0) is 30.5 Å². The molecule has 0 fully saturated rings. The first-order chi connectivity index (χ1) is 30.2. The molecule has 3 N–H and O–H groups in total. The van der Waals surface area contributed by atoms with Crippen molar-refractivity contribution in [2.75, 3.05) is 0 Å². The maximum Gasteiger partial charge on any atom is 0.115 e. The van der Waals surface area contributed by atoms with E-state index in [0.717, 1.165) is 117 Å². The van der Waals surface area contributed by atoms with Gasteiger partial charge in [-0.25, -0.2) is 19.9 Å². The number of hydrogen-bond donors (Lipinski definition) is 3. The summed E-state index contributed by atoms with van der Waals surface area (Å²) in [6, 6.07) is 24.0. The molecule has 14 rings (SSSR count). The predicted octanol–water partition coefficient (Wildman–Crippen LogP) is 9.18. The van der Waals surface area contributed by atoms with Crippen molar-refractivity contribution in [1.82, 2.24) is 66.2 Å². The fourth-order valence-corrected chi connectivity index (χ4v) is 8.41. The molecule has 0 saturated heterocycles. The maximum atomic E-state index is 5.12. The minimum absolute atomic E-state index is 0.463. The van der Waals surface area contributed by atoms with E-state index in [1.165, 1.54) is 5.56 Å². The van der Waals surface area contributed by atoms with Crippen LogP contribution in [0.4, 0.5) is 17.1 Å². The summed E-state index contributed by atoms with van der Waals surface area (Å²) < 4.78 is 0. The second kappa shape index (κ2) is 13.1. The monoisotopic (exact) mass is 815 g/mol. The van der Waals surface area contributed by atoms with Crippen LogP contribution in [-0.4, -0.2) is 66.2 Å². The van der Waals surface area contributed by atoms with Crippen molar-refractivity contribution < 1.29 is 0 Å². The number of rotatable bonds is 1. The van der Waals surface area contributed by atoms with Crippen LogP contribution < -0.4 is 0 Å². The zero-order chi connectivity index (χ0) is 41.7. The number of aromatic nitrogens is 13. The van der Waals surface area contributed by atoms with E-state index in [0.29, 0.717) is 19.6 Å². The Morgan fingerprint density at radius 3 is 1.29 bits per heavy atom. The summed E-state index contributed by atoms with van der Waals surface area (Å²) in [5, 5.41) is 56.8. The van der Waals surface area contributed by atoms with Gasteiger partial charge in [-0.2, -0.15) is 76.9 Å². The van der Waals surface area contributed by atoms with Gasteiger partial charge in [0.15, 0.2) is 0 Å². The van der Waals surface area contributed by atoms with Crippen molar-refractivity contribution in [2.45, 2.75) is 58.2 Å². The summed E-state index contributed by atoms with van der Waals surface area (Å²) in [6.45, 7) is 10.5. The van der Waals surface area contributed by atoms with Crippen molar-refractivity contribution in [2.24, 2.45) is 30.7 Å². The van der Waals surface area contributed by atoms with Crippen LogP contribution in [0.25, 0.3) is 66.3 Å². The number of H-pyrrole nitrogens is 3. The van der Waals surface area contributed by atoms with E-state index in [1.54, 1.807) is 0 Å². The number of fused-ring (bicyclic) bond motifs is 10. The first-order valence-corrected chi connectivity index (χ1v) is 19.9. The molecule has 0 atom stereocenters. The Hall–Kier alpha value is -8.22. The first kappa shape index (κ1) is 35.7. The van der Waals surface area contributed by atoms with Crippen molar-refractivity contribution in [3.05, 3.63) is 112 Å². The molecular formula is C43H33N19. The van der Waals surface area contributed by atoms with E-state index in [1.807, 2.05) is 48.5 Å². The average Bonchev–Trinajstić information content (AvgIpc) is 4.14. The first-order valence-electron chi connectivity index (χ1n) is 19.9. The lowest BCUT2D eigenvalue weighted by atomic mass is 9.67. The Kier molecular flexibility index (Phi) is 7.57. The Bertz CT molecular complexity index is 3590. The molecule has 5 aromatic heterocycles. The van der Waals surface area contributed by atoms with Gasteiger partial charge in [0.1, 0.15) is 33.1 Å². The van der Waals surface area contributed by atoms with Crippen LogP contribution in [0.1, 0.15) is 67.2 Å². The van der Waals surface area contributed by atoms with Crippen molar-refractivity contribution in [1.29, 1.82) is 0 Å². The molecule has 0 bridgehead atoms. The molecule has 0 unspecified atom stereocenters. The summed E-state index contributed by atoms with van der Waals surface area (Å²) in [4.78, 5) is 20.4. The van der Waals surface area contributed by atoms with E-state index >= 15 is 0 Å². The quantitative estimate of drug-likeness (QED) is 0.142. The second-order valence-corrected chi connectivity index (χ2v) is 16.6. The predicted molar refractivity (Wildman–Crippen MR) is 229 cm³/mol. The van der Waals surface area contributed by atoms with Gasteiger partial charge in [-0.3, -0.25) is 0 Å². The lowest BCUT2D eigenvalue weighted by Gasteiger charge is -2.40. The van der Waals surface area contributed by atoms with Crippen LogP contribution in [0.2, 0.25) is 0 Å². The van der Waals surface area contributed by atoms with E-state index in [2.05, 4.69) is 129 Å². The molecule has 10 aromatic rings. The third kappa shape index (κ3) is 5.65. The third-order valence-electron chi connectivity index (χ3n) is 11.8. The number of nitrogens with zero attached hydrogens (tertiary/aromatic N) is 16. The van der Waals surface area contributed by atoms with Crippen molar-refractivity contribution in [3.8, 4) is 11.1 Å². The normalized spacial score (nSPS) is 15.6. The summed E-state index contributed by atoms with van der Waals surface area (Å²) in [6.07, 6.45) is 0. The number of azo groups is 3. The molecule has 0 spiro atoms. The van der Waals surface area contributed by atoms with Crippen LogP contribution in [0, 0.1) is 0 Å². The van der Waals surface area contributed by atoms with Crippen LogP contribution in [0.3, 0.4) is 0 Å². The highest BCUT2D eigenvalue weighted by atomic mass is 15.3. The molecule has 3 aliphatic heterocycles. The fourth-order valence-electron chi connectivity index (χ4n) is 8.41. The summed E-state index contributed by atoms with van der Waals surface area (Å²) >= 11 is 0. The molecule has 62 heavy (non-hydrogen) atoms. The summed E-state index contributed by atoms with van der Waals surface area (Å²) in [7, 11) is 0. The highest BCUT2D eigenvalue weighted by Gasteiger charge is 2.47. The van der Waals surface area contributed by atoms with Crippen LogP contribution in [0.5, 0.6) is 0 Å². The zero-order valence-electron chi connectivity index (χ0n) is 33.7. The lowest BCUT2D eigenvalue weighted by molar-refractivity contribution is 0.470. The van der Waals surface area contributed by atoms with Gasteiger partial charge in [0, 0.05) is 16.7 Å². The smallest absolute Gasteiger partial charge is 0.115 e. The van der Waals surface area contributed by atoms with E-state index in [4.69, 9.17) is 19.9 Å². The maximum absolute atomic E-state index is 5.12. The van der Waals surface area contributed by atoms with Gasteiger partial charge in [-0.1, -0.05) is 18.2 Å². The van der Waals surface area contributed by atoms with Gasteiger partial charge in [0.2, 0.25) is 0 Å². The standard InChI is InChI=1S/C23H19N9.C13H9N5.C7H5N5/c1-22(2)18-19(26-13-6-11-10(9-24-29-11)5-12(13)25-18)23(3,4)21-20(22)27-14-7-16-17(31-32-30-16)8-15(14)28-21;1-2-10-7-14-15-12(10)5-8(1)9-3-4-11-13(6-9)17-18-16-11;1-4-3-8-9-5(4)2-7-6(1)10-12-11-7/h5-8H,9H2,1-4H3,(H,30,31,32);1-6H,7H2,(H,16,17,18);1-2H,3H2,(H,10,11,12). The molecule has 300 valence electrons. The van der Waals surface area contributed by atoms with E-state index in [-0.39, 0.29) is 0 Å². The minimum atomic E-state index is -0.470. The van der Waals surface area contributed by atoms with Gasteiger partial charge >= 0.3 is 0 Å². The van der Waals surface area contributed by atoms with Crippen molar-refractivity contribution in [3.63, 3.8) is 0 Å². The van der Waals surface area contributed by atoms with Gasteiger partial charge < -0.3 is 0 Å². The summed E-state index contributed by atoms with van der Waals surface area (Å²) in [5.41, 5.74) is 19.4. The second-order valence-electron chi connectivity index (χ2n) is 16.6. The molecule has 19 heteroatoms. The number of nitrogens with one attached hydrogen (secondary N) is 3. The lowest BCUT2D eigenvalue weighted by Crippen LogP contribution is -2.40. The number of aromatic amines is 3. The largest absolute Gasteiger partial charge is 0.248 e. The molecule has 1 aliphatic carbocycles. The summed E-state index contributed by atoms with van der Waals surface area (Å²) in [5.74, 6) is 0. The van der Waals surface area contributed by atoms with E-state index in [9.17, 15) is 0 Å². The Balaban J connectivity index is 0.000000114. The topological polar surface area (TPSA) is 250 Å². The fraction of sp³-hybridized carbons (Fsp3) is 0.209. The molecule has 0 saturated carbocycles. The Morgan fingerprint density at radius 1 is 0.355 bits per heavy atom. The average molecular weight is 816 g/mol. The third-order valence-corrected chi connectivity index (χ3v) is 11.8. The van der Waals surface area contributed by atoms with Crippen LogP contribution in [0.15, 0.2) is 103 Å². The molecule has 19 nitrogen and oxygen atoms in total. The zero-order valence-corrected chi connectivity index (χ0v) is 33.7. The van der Waals surface area contributed by atoms with Gasteiger partial charge in [-0.15, -0.1) is 0 Å². The number of benzene rings is 5. The van der Waals surface area contributed by atoms with E-state index < -0.39 is 10.8 Å². The molecule has 8 heterocycles. The highest BCUT2D eigenvalue weighted by Crippen LogP contribution is 2.48. The van der Waals surface area contributed by atoms with Gasteiger partial charge in [0.05, 0.1) is 92.4 Å². The Morgan fingerprint density at radius 2 is 0.726 bits per heavy atom. The molecule has 0 amide bonds. The van der Waals surface area contributed by atoms with Gasteiger partial charge in [0.25, 0.3) is 0 Å². The van der Waals surface area contributed by atoms with Gasteiger partial charge in [-0.05, 0) is 93.4 Å². The Labute approximate surface area is 349 Å². The molecule has 0 radical (unpaired) electrons. The molecular weight excluding hydrogens is 783 g/mol. The molecule has 5 aromatic carbocycles. The minimum Gasteiger partial charge on any atom is -0.248 e. The SMILES string of the molecule is CC1(C)c2nc3cc4c(cc3nc2C(C)(C)c2nc3cc5n[nH]nc5cc3nc21)N=NC4.c1c2c(cc3n[nH]nc13)N=NC2.c1cc2c(cc1-c1ccc3n[nH]nc3c1)N=NC2. The highest BCUT2D eigenvalue weighted by molar-refractivity contribution is 5.91. The molecule has 4 aliphatic rings. The van der Waals surface area contributed by atoms with Crippen molar-refractivity contribution >= 4 is 72.2 Å². The number of hydrogen-bond acceptors (Lipinski definition) is 16. The van der Waals surface area contributed by atoms with Crippen LogP contribution >= 0.6 is 0 Å².